The van der Waals surface area contributed by atoms with Crippen molar-refractivity contribution in [2.24, 2.45) is 0 Å². The van der Waals surface area contributed by atoms with Gasteiger partial charge in [0.15, 0.2) is 0 Å². The van der Waals surface area contributed by atoms with E-state index in [1.165, 1.54) is 20.9 Å². The van der Waals surface area contributed by atoms with Gasteiger partial charge in [0.05, 0.1) is 6.67 Å². The van der Waals surface area contributed by atoms with Gasteiger partial charge in [0.2, 0.25) is 5.91 Å². The molecule has 2 fully saturated rings. The number of benzene rings is 1. The van der Waals surface area contributed by atoms with Crippen LogP contribution < -0.4 is 4.90 Å². The second-order valence-corrected chi connectivity index (χ2v) is 10.6. The van der Waals surface area contributed by atoms with Crippen molar-refractivity contribution in [2.75, 3.05) is 31.7 Å². The van der Waals surface area contributed by atoms with Crippen molar-refractivity contribution in [1.29, 1.82) is 0 Å². The van der Waals surface area contributed by atoms with Crippen molar-refractivity contribution < 1.29 is 24.3 Å². The first-order chi connectivity index (χ1) is 17.5. The number of likely N-dealkylation sites (tertiary alicyclic amines) is 1. The maximum atomic E-state index is 14.2. The second-order valence-electron chi connectivity index (χ2n) is 10.6. The van der Waals surface area contributed by atoms with Crippen LogP contribution in [0.2, 0.25) is 0 Å². The number of pyridine rings is 1. The first-order valence-electron chi connectivity index (χ1n) is 12.3. The normalized spacial score (nSPS) is 18.8. The van der Waals surface area contributed by atoms with Crippen LogP contribution in [0.1, 0.15) is 50.8 Å². The summed E-state index contributed by atoms with van der Waals surface area (Å²) in [6.45, 7) is 6.50. The highest BCUT2D eigenvalue weighted by Crippen LogP contribution is 2.34. The van der Waals surface area contributed by atoms with Gasteiger partial charge in [-0.3, -0.25) is 29.2 Å². The summed E-state index contributed by atoms with van der Waals surface area (Å²) in [5.74, 6) is -1.11. The van der Waals surface area contributed by atoms with Crippen LogP contribution in [0, 0.1) is 0 Å². The standard InChI is InChI=1S/C27H33N5O5/c1-27(2,3)19-9-11-20(12-10-19)32(24(34)21-8-6-14-31(21)26(36)37)23(18-7-5-13-28-15-18)25(35)30-16-22(33)29(4)17-30/h5,7,9-13,15,21,23H,6,8,14,16-17H2,1-4H3,(H,36,37)/t21-,23?/m1/s1. The summed E-state index contributed by atoms with van der Waals surface area (Å²) in [4.78, 5) is 61.9. The maximum Gasteiger partial charge on any atom is 0.407 e. The summed E-state index contributed by atoms with van der Waals surface area (Å²) in [6, 6.07) is 8.75. The molecule has 0 radical (unpaired) electrons. The molecule has 3 heterocycles. The molecule has 4 rings (SSSR count). The molecule has 37 heavy (non-hydrogen) atoms. The van der Waals surface area contributed by atoms with Crippen molar-refractivity contribution in [3.63, 3.8) is 0 Å². The van der Waals surface area contributed by atoms with Crippen LogP contribution >= 0.6 is 0 Å². The lowest BCUT2D eigenvalue weighted by Crippen LogP contribution is -2.52. The lowest BCUT2D eigenvalue weighted by atomic mass is 9.87. The van der Waals surface area contributed by atoms with Crippen LogP contribution in [-0.4, -0.2) is 81.5 Å². The number of aromatic nitrogens is 1. The number of nitrogens with zero attached hydrogens (tertiary/aromatic N) is 5. The van der Waals surface area contributed by atoms with Crippen molar-refractivity contribution in [1.82, 2.24) is 19.7 Å². The zero-order valence-electron chi connectivity index (χ0n) is 21.6. The molecule has 4 amide bonds. The second kappa shape index (κ2) is 10.2. The first-order valence-corrected chi connectivity index (χ1v) is 12.3. The van der Waals surface area contributed by atoms with E-state index in [9.17, 15) is 24.3 Å². The van der Waals surface area contributed by atoms with E-state index in [0.717, 1.165) is 10.5 Å². The molecule has 0 aliphatic carbocycles. The van der Waals surface area contributed by atoms with Crippen LogP contribution in [0.3, 0.4) is 0 Å². The van der Waals surface area contributed by atoms with Crippen molar-refractivity contribution >= 4 is 29.5 Å². The van der Waals surface area contributed by atoms with E-state index in [1.54, 1.807) is 37.5 Å². The van der Waals surface area contributed by atoms with Gasteiger partial charge >= 0.3 is 6.09 Å². The zero-order chi connectivity index (χ0) is 26.9. The molecule has 0 spiro atoms. The number of anilines is 1. The quantitative estimate of drug-likeness (QED) is 0.666. The Balaban J connectivity index is 1.84. The van der Waals surface area contributed by atoms with E-state index in [-0.39, 0.29) is 31.1 Å². The Kier molecular flexibility index (Phi) is 7.20. The van der Waals surface area contributed by atoms with E-state index in [1.807, 2.05) is 12.1 Å². The average molecular weight is 508 g/mol. The van der Waals surface area contributed by atoms with Gasteiger partial charge in [-0.15, -0.1) is 0 Å². The van der Waals surface area contributed by atoms with Crippen molar-refractivity contribution in [3.8, 4) is 0 Å². The summed E-state index contributed by atoms with van der Waals surface area (Å²) < 4.78 is 0. The molecular formula is C27H33N5O5. The van der Waals surface area contributed by atoms with Crippen LogP contribution in [0.5, 0.6) is 0 Å². The van der Waals surface area contributed by atoms with Gasteiger partial charge in [-0.2, -0.15) is 0 Å². The lowest BCUT2D eigenvalue weighted by molar-refractivity contribution is -0.135. The Labute approximate surface area is 216 Å². The highest BCUT2D eigenvalue weighted by Gasteiger charge is 2.44. The molecule has 1 N–H and O–H groups in total. The number of hydrogen-bond acceptors (Lipinski definition) is 5. The van der Waals surface area contributed by atoms with Gasteiger partial charge in [0.1, 0.15) is 18.6 Å². The maximum absolute atomic E-state index is 14.2. The highest BCUT2D eigenvalue weighted by atomic mass is 16.4. The Bertz CT molecular complexity index is 1180. The van der Waals surface area contributed by atoms with Crippen LogP contribution in [0.25, 0.3) is 0 Å². The molecule has 2 atom stereocenters. The molecule has 2 aliphatic heterocycles. The highest BCUT2D eigenvalue weighted by molar-refractivity contribution is 6.05. The molecule has 196 valence electrons. The largest absolute Gasteiger partial charge is 0.465 e. The summed E-state index contributed by atoms with van der Waals surface area (Å²) in [5, 5.41) is 9.73. The molecule has 0 saturated carbocycles. The summed E-state index contributed by atoms with van der Waals surface area (Å²) in [5.41, 5.74) is 1.87. The summed E-state index contributed by atoms with van der Waals surface area (Å²) in [6.07, 6.45) is 2.84. The third-order valence-corrected chi connectivity index (χ3v) is 6.97. The minimum absolute atomic E-state index is 0.0955. The minimum atomic E-state index is -1.17. The minimum Gasteiger partial charge on any atom is -0.465 e. The molecule has 0 bridgehead atoms. The number of carbonyl (C=O) groups excluding carboxylic acids is 3. The molecule has 1 unspecified atom stereocenters. The van der Waals surface area contributed by atoms with Crippen LogP contribution in [0.4, 0.5) is 10.5 Å². The van der Waals surface area contributed by atoms with Gasteiger partial charge in [0.25, 0.3) is 11.8 Å². The fourth-order valence-electron chi connectivity index (χ4n) is 4.87. The van der Waals surface area contributed by atoms with E-state index < -0.39 is 30.0 Å². The topological polar surface area (TPSA) is 114 Å². The third kappa shape index (κ3) is 5.28. The predicted molar refractivity (Wildman–Crippen MR) is 137 cm³/mol. The third-order valence-electron chi connectivity index (χ3n) is 6.97. The summed E-state index contributed by atoms with van der Waals surface area (Å²) in [7, 11) is 1.62. The predicted octanol–water partition coefficient (Wildman–Crippen LogP) is 2.85. The number of hydrogen-bond donors (Lipinski definition) is 1. The fourth-order valence-corrected chi connectivity index (χ4v) is 4.87. The Morgan fingerprint density at radius 1 is 1.14 bits per heavy atom. The number of carboxylic acid groups (broad SMARTS) is 1. The van der Waals surface area contributed by atoms with E-state index in [4.69, 9.17) is 0 Å². The van der Waals surface area contributed by atoms with Gasteiger partial charge in [0, 0.05) is 37.2 Å². The lowest BCUT2D eigenvalue weighted by Gasteiger charge is -2.36. The Hall–Kier alpha value is -3.95. The monoisotopic (exact) mass is 507 g/mol. The smallest absolute Gasteiger partial charge is 0.407 e. The molecule has 10 heteroatoms. The number of rotatable bonds is 5. The van der Waals surface area contributed by atoms with Crippen molar-refractivity contribution in [3.05, 3.63) is 59.9 Å². The van der Waals surface area contributed by atoms with Crippen LogP contribution in [0.15, 0.2) is 48.8 Å². The van der Waals surface area contributed by atoms with Gasteiger partial charge in [-0.1, -0.05) is 39.0 Å². The zero-order valence-corrected chi connectivity index (χ0v) is 21.6. The Morgan fingerprint density at radius 2 is 1.84 bits per heavy atom. The number of amides is 4. The molecule has 2 aromatic rings. The molecule has 10 nitrogen and oxygen atoms in total. The molecule has 1 aromatic carbocycles. The van der Waals surface area contributed by atoms with Gasteiger partial charge in [-0.05, 0) is 42.0 Å². The van der Waals surface area contributed by atoms with Gasteiger partial charge < -0.3 is 14.9 Å². The van der Waals surface area contributed by atoms with Crippen LogP contribution in [-0.2, 0) is 19.8 Å². The first kappa shape index (κ1) is 26.1. The molecule has 2 saturated heterocycles. The van der Waals surface area contributed by atoms with E-state index >= 15 is 0 Å². The molecular weight excluding hydrogens is 474 g/mol. The Morgan fingerprint density at radius 3 is 2.38 bits per heavy atom. The summed E-state index contributed by atoms with van der Waals surface area (Å²) >= 11 is 0. The van der Waals surface area contributed by atoms with E-state index in [0.29, 0.717) is 24.1 Å². The number of carbonyl (C=O) groups is 4. The molecule has 2 aliphatic rings. The fraction of sp³-hybridized carbons (Fsp3) is 0.444. The SMILES string of the molecule is CN1CN(C(=O)C(c2cccnc2)N(C(=O)[C@H]2CCCN2C(=O)O)c2ccc(C(C)(C)C)cc2)CC1=O. The van der Waals surface area contributed by atoms with Gasteiger partial charge in [-0.25, -0.2) is 4.79 Å². The number of likely N-dealkylation sites (N-methyl/N-ethyl adjacent to an activating group) is 1. The van der Waals surface area contributed by atoms with E-state index in [2.05, 4.69) is 25.8 Å². The van der Waals surface area contributed by atoms with Crippen molar-refractivity contribution in [2.45, 2.75) is 51.1 Å². The molecule has 1 aromatic heterocycles. The average Bonchev–Trinajstić information content (AvgIpc) is 3.49.